The van der Waals surface area contributed by atoms with Crippen molar-refractivity contribution in [2.75, 3.05) is 0 Å². The van der Waals surface area contributed by atoms with Gasteiger partial charge in [0.05, 0.1) is 0 Å². The molecule has 0 aliphatic carbocycles. The lowest BCUT2D eigenvalue weighted by molar-refractivity contribution is 1.09. The maximum Gasteiger partial charge on any atom is -0.0339 e. The van der Waals surface area contributed by atoms with E-state index >= 15 is 0 Å². The molecule has 0 spiro atoms. The smallest absolute Gasteiger partial charge is 0.0339 e. The van der Waals surface area contributed by atoms with Gasteiger partial charge in [0.2, 0.25) is 0 Å². The van der Waals surface area contributed by atoms with Gasteiger partial charge >= 0.3 is 0 Å². The van der Waals surface area contributed by atoms with E-state index in [0.29, 0.717) is 6.71 Å². The van der Waals surface area contributed by atoms with E-state index in [1.807, 2.05) is 0 Å². The van der Waals surface area contributed by atoms with Crippen molar-refractivity contribution in [1.29, 1.82) is 0 Å². The van der Waals surface area contributed by atoms with Gasteiger partial charge in [-0.15, -0.1) is 12.1 Å². The van der Waals surface area contributed by atoms with Crippen LogP contribution < -0.4 is 10.9 Å². The summed E-state index contributed by atoms with van der Waals surface area (Å²) in [4.78, 5) is 0. The van der Waals surface area contributed by atoms with Crippen LogP contribution in [0.5, 0.6) is 0 Å². The van der Waals surface area contributed by atoms with Gasteiger partial charge in [0.25, 0.3) is 0 Å². The van der Waals surface area contributed by atoms with E-state index in [2.05, 4.69) is 70.1 Å². The van der Waals surface area contributed by atoms with Gasteiger partial charge in [0.1, 0.15) is 0 Å². The van der Waals surface area contributed by atoms with E-state index in [9.17, 15) is 0 Å². The van der Waals surface area contributed by atoms with Crippen molar-refractivity contribution in [2.45, 2.75) is 40.4 Å². The zero-order chi connectivity index (χ0) is 13.8. The number of hydrogen-bond donors (Lipinski definition) is 0. The van der Waals surface area contributed by atoms with Crippen LogP contribution in [0.1, 0.15) is 30.5 Å². The van der Waals surface area contributed by atoms with Crippen molar-refractivity contribution in [3.8, 4) is 0 Å². The highest BCUT2D eigenvalue weighted by Gasteiger charge is 2.07. The molecule has 19 heavy (non-hydrogen) atoms. The third kappa shape index (κ3) is 2.92. The monoisotopic (exact) mass is 250 g/mol. The van der Waals surface area contributed by atoms with Crippen molar-refractivity contribution in [3.05, 3.63) is 59.2 Å². The molecule has 0 fully saturated rings. The number of hydrogen-bond acceptors (Lipinski definition) is 0. The Labute approximate surface area is 118 Å². The van der Waals surface area contributed by atoms with E-state index in [-0.39, 0.29) is 0 Å². The minimum atomic E-state index is 0.478. The molecule has 1 radical (unpaired) electrons. The van der Waals surface area contributed by atoms with Crippen LogP contribution in [0.3, 0.4) is 0 Å². The lowest BCUT2D eigenvalue weighted by atomic mass is 9.40. The molecule has 0 N–H and O–H groups in total. The summed E-state index contributed by atoms with van der Waals surface area (Å²) < 4.78 is 0. The Balaban J connectivity index is 2.54. The molecule has 99 valence electrons. The van der Waals surface area contributed by atoms with Crippen LogP contribution in [0.4, 0.5) is 0 Å². The first kappa shape index (κ1) is 13.9. The summed E-state index contributed by atoms with van der Waals surface area (Å²) in [5, 5.41) is 0. The molecule has 2 rings (SSSR count). The van der Waals surface area contributed by atoms with Gasteiger partial charge in [-0.2, -0.15) is 0 Å². The molecule has 0 unspecified atom stereocenters. The first-order chi connectivity index (χ1) is 9.17. The van der Waals surface area contributed by atoms with E-state index in [1.165, 1.54) is 22.2 Å². The highest BCUT2D eigenvalue weighted by atomic mass is 14.1. The van der Waals surface area contributed by atoms with Gasteiger partial charge in [-0.3, -0.25) is 0 Å². The quantitative estimate of drug-likeness (QED) is 0.730. The fraction of sp³-hybridized carbons (Fsp3) is 0.333. The van der Waals surface area contributed by atoms with Crippen molar-refractivity contribution >= 4 is 17.6 Å². The molecular formula is C18H23B-. The normalized spacial score (nSPS) is 11.0. The van der Waals surface area contributed by atoms with Gasteiger partial charge in [-0.25, -0.2) is 17.7 Å². The molecule has 0 amide bonds. The molecule has 2 aromatic rings. The number of rotatable bonds is 4. The highest BCUT2D eigenvalue weighted by Crippen LogP contribution is 2.11. The molecule has 0 heterocycles. The Morgan fingerprint density at radius 1 is 0.895 bits per heavy atom. The summed E-state index contributed by atoms with van der Waals surface area (Å²) in [6, 6.07) is 15.6. The molecular weight excluding hydrogens is 227 g/mol. The third-order valence-electron chi connectivity index (χ3n) is 3.99. The fourth-order valence-electron chi connectivity index (χ4n) is 3.00. The van der Waals surface area contributed by atoms with Crippen LogP contribution in [0.15, 0.2) is 42.5 Å². The molecule has 1 heteroatoms. The molecule has 0 aliphatic rings. The van der Waals surface area contributed by atoms with Crippen LogP contribution >= 0.6 is 0 Å². The van der Waals surface area contributed by atoms with E-state index < -0.39 is 0 Å². The van der Waals surface area contributed by atoms with Gasteiger partial charge in [0, 0.05) is 0 Å². The second kappa shape index (κ2) is 6.10. The van der Waals surface area contributed by atoms with Crippen LogP contribution in [-0.2, 0) is 12.8 Å². The molecule has 0 saturated heterocycles. The molecule has 0 bridgehead atoms. The van der Waals surface area contributed by atoms with Crippen LogP contribution in [0.25, 0.3) is 0 Å². The van der Waals surface area contributed by atoms with Gasteiger partial charge < -0.3 is 0 Å². The Hall–Kier alpha value is -1.50. The summed E-state index contributed by atoms with van der Waals surface area (Å²) in [6.45, 7) is 9.53. The summed E-state index contributed by atoms with van der Waals surface area (Å²) >= 11 is 0. The zero-order valence-electron chi connectivity index (χ0n) is 12.5. The Kier molecular flexibility index (Phi) is 4.47. The van der Waals surface area contributed by atoms with Crippen molar-refractivity contribution in [3.63, 3.8) is 0 Å². The average molecular weight is 250 g/mol. The standard InChI is InChI=1S/C18H23B/c1-5-15-12-14(3)13-16(6-2)18(15)19(4)17-10-8-7-9-11-17/h7-13H,5-6H2,1-4H3/q-1. The van der Waals surface area contributed by atoms with Crippen LogP contribution in [0.2, 0.25) is 6.82 Å². The highest BCUT2D eigenvalue weighted by molar-refractivity contribution is 6.84. The first-order valence-corrected chi connectivity index (χ1v) is 7.34. The SMILES string of the molecule is CCc1cc(C)cc(CC)c1[B-](C)c1ccccc1. The molecule has 0 aromatic heterocycles. The largest absolute Gasteiger partial charge is 0.239 e. The molecule has 2 aromatic carbocycles. The maximum atomic E-state index is 2.36. The van der Waals surface area contributed by atoms with E-state index in [0.717, 1.165) is 12.8 Å². The topological polar surface area (TPSA) is 0 Å². The molecule has 0 atom stereocenters. The van der Waals surface area contributed by atoms with E-state index in [1.54, 1.807) is 5.46 Å². The summed E-state index contributed by atoms with van der Waals surface area (Å²) in [5.74, 6) is 0. The Morgan fingerprint density at radius 3 is 1.89 bits per heavy atom. The Bertz CT molecular complexity index is 518. The first-order valence-electron chi connectivity index (χ1n) is 7.34. The summed E-state index contributed by atoms with van der Waals surface area (Å²) in [7, 11) is 0. The summed E-state index contributed by atoms with van der Waals surface area (Å²) in [6.07, 6.45) is 2.22. The Morgan fingerprint density at radius 2 is 1.42 bits per heavy atom. The molecule has 0 nitrogen and oxygen atoms in total. The third-order valence-corrected chi connectivity index (χ3v) is 3.99. The fourth-order valence-corrected chi connectivity index (χ4v) is 3.00. The lowest BCUT2D eigenvalue weighted by Crippen LogP contribution is -2.43. The second-order valence-electron chi connectivity index (χ2n) is 5.34. The van der Waals surface area contributed by atoms with E-state index in [4.69, 9.17) is 0 Å². The number of benzene rings is 2. The van der Waals surface area contributed by atoms with Crippen LogP contribution in [0, 0.1) is 6.92 Å². The van der Waals surface area contributed by atoms with Gasteiger partial charge in [-0.05, 0) is 19.8 Å². The van der Waals surface area contributed by atoms with Crippen molar-refractivity contribution in [1.82, 2.24) is 0 Å². The average Bonchev–Trinajstić information content (AvgIpc) is 2.46. The second-order valence-corrected chi connectivity index (χ2v) is 5.34. The maximum absolute atomic E-state index is 2.36. The predicted octanol–water partition coefficient (Wildman–Crippen LogP) is 3.36. The van der Waals surface area contributed by atoms with Crippen molar-refractivity contribution < 1.29 is 0 Å². The minimum absolute atomic E-state index is 0.478. The van der Waals surface area contributed by atoms with Crippen molar-refractivity contribution in [2.24, 2.45) is 0 Å². The lowest BCUT2D eigenvalue weighted by Gasteiger charge is -2.31. The number of aryl methyl sites for hydroxylation is 3. The molecule has 0 aliphatic heterocycles. The summed E-state index contributed by atoms with van der Waals surface area (Å²) in [5.41, 5.74) is 7.36. The minimum Gasteiger partial charge on any atom is -0.239 e. The zero-order valence-corrected chi connectivity index (χ0v) is 12.5. The van der Waals surface area contributed by atoms with Gasteiger partial charge in [0.15, 0.2) is 0 Å². The van der Waals surface area contributed by atoms with Crippen LogP contribution in [-0.4, -0.2) is 6.71 Å². The predicted molar refractivity (Wildman–Crippen MR) is 87.3 cm³/mol. The van der Waals surface area contributed by atoms with Gasteiger partial charge in [-0.1, -0.05) is 67.6 Å². The molecule has 0 saturated carbocycles.